The minimum Gasteiger partial charge on any atom is -0.487 e. The highest BCUT2D eigenvalue weighted by Gasteiger charge is 2.42. The number of aliphatic carboxylic acids is 1. The number of carbonyl (C=O) groups is 3. The first-order chi connectivity index (χ1) is 19.5. The van der Waals surface area contributed by atoms with E-state index in [4.69, 9.17) is 19.1 Å². The average Bonchev–Trinajstić information content (AvgIpc) is 3.64. The van der Waals surface area contributed by atoms with Gasteiger partial charge in [0.15, 0.2) is 5.78 Å². The minimum absolute atomic E-state index is 0.0259. The van der Waals surface area contributed by atoms with Crippen LogP contribution in [0.5, 0.6) is 5.75 Å². The summed E-state index contributed by atoms with van der Waals surface area (Å²) in [7, 11) is 0. The van der Waals surface area contributed by atoms with Crippen molar-refractivity contribution in [1.29, 1.82) is 0 Å². The second-order valence-electron chi connectivity index (χ2n) is 9.74. The Morgan fingerprint density at radius 2 is 1.54 bits per heavy atom. The van der Waals surface area contributed by atoms with Gasteiger partial charge in [-0.15, -0.1) is 0 Å². The summed E-state index contributed by atoms with van der Waals surface area (Å²) in [6.45, 7) is 2.52. The van der Waals surface area contributed by atoms with Gasteiger partial charge < -0.3 is 19.2 Å². The number of alkyl halides is 3. The number of ether oxygens (including phenoxy) is 1. The molecule has 0 saturated carbocycles. The Hall–Kier alpha value is -4.19. The lowest BCUT2D eigenvalue weighted by Crippen LogP contribution is -2.49. The van der Waals surface area contributed by atoms with Gasteiger partial charge in [0.2, 0.25) is 0 Å². The van der Waals surface area contributed by atoms with Gasteiger partial charge in [-0.25, -0.2) is 9.18 Å². The monoisotopic (exact) mass is 576 g/mol. The number of carboxylic acid groups (broad SMARTS) is 1. The second kappa shape index (κ2) is 13.0. The van der Waals surface area contributed by atoms with Gasteiger partial charge in [0.05, 0.1) is 24.4 Å². The molecule has 1 amide bonds. The van der Waals surface area contributed by atoms with Crippen molar-refractivity contribution >= 4 is 17.7 Å². The van der Waals surface area contributed by atoms with Crippen molar-refractivity contribution in [2.24, 2.45) is 5.92 Å². The molecule has 8 nitrogen and oxygen atoms in total. The molecule has 2 aromatic carbocycles. The van der Waals surface area contributed by atoms with Crippen LogP contribution in [0.3, 0.4) is 0 Å². The van der Waals surface area contributed by atoms with Gasteiger partial charge in [-0.2, -0.15) is 13.2 Å². The Morgan fingerprint density at radius 3 is 2.10 bits per heavy atom. The molecule has 5 rings (SSSR count). The van der Waals surface area contributed by atoms with Crippen LogP contribution in [0.1, 0.15) is 33.6 Å². The van der Waals surface area contributed by atoms with Crippen LogP contribution in [0.2, 0.25) is 0 Å². The SMILES string of the molecule is O=C(O)C(F)(F)F.O=C(c1ccc(F)cc1)C1CCN([C@H]2CN(C(=O)c3ccoc3)C[C@@H]2Oc2ccccc2)CC1. The van der Waals surface area contributed by atoms with Crippen molar-refractivity contribution in [3.05, 3.63) is 90.1 Å². The Bertz CT molecular complexity index is 1310. The third kappa shape index (κ3) is 7.72. The highest BCUT2D eigenvalue weighted by atomic mass is 19.4. The molecular weight excluding hydrogens is 548 g/mol. The number of ketones is 1. The number of nitrogens with zero attached hydrogens (tertiary/aromatic N) is 2. The molecule has 0 bridgehead atoms. The molecule has 2 atom stereocenters. The highest BCUT2D eigenvalue weighted by Crippen LogP contribution is 2.29. The van der Waals surface area contributed by atoms with E-state index in [1.807, 2.05) is 35.2 Å². The number of hydrogen-bond donors (Lipinski definition) is 1. The summed E-state index contributed by atoms with van der Waals surface area (Å²) < 4.78 is 56.4. The number of halogens is 4. The Balaban J connectivity index is 0.000000493. The van der Waals surface area contributed by atoms with Crippen molar-refractivity contribution in [2.45, 2.75) is 31.2 Å². The Morgan fingerprint density at radius 1 is 0.902 bits per heavy atom. The topological polar surface area (TPSA) is 100 Å². The zero-order chi connectivity index (χ0) is 29.6. The Labute approximate surface area is 233 Å². The third-order valence-corrected chi connectivity index (χ3v) is 7.06. The van der Waals surface area contributed by atoms with E-state index in [-0.39, 0.29) is 35.6 Å². The maximum atomic E-state index is 13.2. The van der Waals surface area contributed by atoms with Gasteiger partial charge in [-0.3, -0.25) is 14.5 Å². The molecule has 2 fully saturated rings. The molecule has 3 heterocycles. The summed E-state index contributed by atoms with van der Waals surface area (Å²) in [6.07, 6.45) is -0.847. The second-order valence-corrected chi connectivity index (χ2v) is 9.74. The molecule has 1 N–H and O–H groups in total. The maximum Gasteiger partial charge on any atom is 0.490 e. The number of rotatable bonds is 6. The Kier molecular flexibility index (Phi) is 9.43. The molecule has 2 aliphatic rings. The molecule has 1 aromatic heterocycles. The molecule has 2 aliphatic heterocycles. The van der Waals surface area contributed by atoms with Crippen LogP contribution in [0, 0.1) is 11.7 Å². The standard InChI is InChI=1S/C27H27FN2O4.C2HF3O2/c28-22-8-6-19(7-9-22)26(31)20-10-13-29(14-11-20)24-16-30(27(32)21-12-15-33-18-21)17-25(24)34-23-4-2-1-3-5-23;3-2(4,5)1(6)7/h1-9,12,15,18,20,24-25H,10-11,13-14,16-17H2;(H,6,7)/t24-,25-;/m0./s1. The number of carboxylic acids is 1. The molecule has 41 heavy (non-hydrogen) atoms. The summed E-state index contributed by atoms with van der Waals surface area (Å²) in [4.78, 5) is 38.9. The number of benzene rings is 2. The molecule has 12 heteroatoms. The zero-order valence-corrected chi connectivity index (χ0v) is 21.8. The number of Topliss-reactive ketones (excluding diaryl/α,β-unsaturated/α-hetero) is 1. The summed E-state index contributed by atoms with van der Waals surface area (Å²) in [6, 6.07) is 17.1. The smallest absolute Gasteiger partial charge is 0.487 e. The summed E-state index contributed by atoms with van der Waals surface area (Å²) in [5.74, 6) is -2.41. The molecule has 0 unspecified atom stereocenters. The molecule has 0 spiro atoms. The number of furan rings is 1. The van der Waals surface area contributed by atoms with Crippen LogP contribution in [-0.4, -0.2) is 77.1 Å². The van der Waals surface area contributed by atoms with Gasteiger partial charge in [0, 0.05) is 18.0 Å². The molecule has 0 radical (unpaired) electrons. The van der Waals surface area contributed by atoms with E-state index < -0.39 is 12.1 Å². The lowest BCUT2D eigenvalue weighted by molar-refractivity contribution is -0.192. The summed E-state index contributed by atoms with van der Waals surface area (Å²) in [5, 5.41) is 7.12. The van der Waals surface area contributed by atoms with Crippen molar-refractivity contribution in [2.75, 3.05) is 26.2 Å². The van der Waals surface area contributed by atoms with E-state index in [9.17, 15) is 27.2 Å². The van der Waals surface area contributed by atoms with E-state index in [0.717, 1.165) is 31.7 Å². The van der Waals surface area contributed by atoms with Gasteiger partial charge >= 0.3 is 12.1 Å². The van der Waals surface area contributed by atoms with Gasteiger partial charge in [0.1, 0.15) is 23.9 Å². The van der Waals surface area contributed by atoms with Crippen LogP contribution in [-0.2, 0) is 4.79 Å². The summed E-state index contributed by atoms with van der Waals surface area (Å²) >= 11 is 0. The lowest BCUT2D eigenvalue weighted by atomic mass is 9.88. The molecule has 3 aromatic rings. The van der Waals surface area contributed by atoms with Gasteiger partial charge in [-0.1, -0.05) is 18.2 Å². The number of hydrogen-bond acceptors (Lipinski definition) is 6. The summed E-state index contributed by atoms with van der Waals surface area (Å²) in [5.41, 5.74) is 1.09. The van der Waals surface area contributed by atoms with Crippen LogP contribution in [0.15, 0.2) is 77.6 Å². The fourth-order valence-electron chi connectivity index (χ4n) is 4.97. The number of piperidine rings is 1. The van der Waals surface area contributed by atoms with Crippen LogP contribution >= 0.6 is 0 Å². The average molecular weight is 577 g/mol. The molecule has 0 aliphatic carbocycles. The normalized spacial score (nSPS) is 19.8. The van der Waals surface area contributed by atoms with E-state index in [1.54, 1.807) is 18.2 Å². The number of para-hydroxylation sites is 1. The predicted molar refractivity (Wildman–Crippen MR) is 138 cm³/mol. The van der Waals surface area contributed by atoms with E-state index in [0.29, 0.717) is 24.2 Å². The minimum atomic E-state index is -5.08. The third-order valence-electron chi connectivity index (χ3n) is 7.06. The molecule has 2 saturated heterocycles. The van der Waals surface area contributed by atoms with Crippen molar-refractivity contribution < 1.29 is 46.2 Å². The van der Waals surface area contributed by atoms with Gasteiger partial charge in [0.25, 0.3) is 5.91 Å². The van der Waals surface area contributed by atoms with E-state index >= 15 is 0 Å². The first-order valence-corrected chi connectivity index (χ1v) is 12.9. The molecular formula is C29H28F4N2O6. The van der Waals surface area contributed by atoms with Crippen LogP contribution < -0.4 is 4.74 Å². The van der Waals surface area contributed by atoms with Crippen molar-refractivity contribution in [1.82, 2.24) is 9.80 Å². The van der Waals surface area contributed by atoms with E-state index in [2.05, 4.69) is 4.90 Å². The van der Waals surface area contributed by atoms with Crippen molar-refractivity contribution in [3.63, 3.8) is 0 Å². The first-order valence-electron chi connectivity index (χ1n) is 12.9. The zero-order valence-electron chi connectivity index (χ0n) is 21.8. The first kappa shape index (κ1) is 29.8. The van der Waals surface area contributed by atoms with Crippen molar-refractivity contribution in [3.8, 4) is 5.75 Å². The highest BCUT2D eigenvalue weighted by molar-refractivity contribution is 5.98. The predicted octanol–water partition coefficient (Wildman–Crippen LogP) is 4.92. The van der Waals surface area contributed by atoms with E-state index in [1.165, 1.54) is 24.7 Å². The largest absolute Gasteiger partial charge is 0.490 e. The fourth-order valence-corrected chi connectivity index (χ4v) is 4.97. The van der Waals surface area contributed by atoms with Gasteiger partial charge in [-0.05, 0) is 68.4 Å². The maximum absolute atomic E-state index is 13.2. The number of amides is 1. The van der Waals surface area contributed by atoms with Crippen LogP contribution in [0.25, 0.3) is 0 Å². The molecule has 218 valence electrons. The number of carbonyl (C=O) groups excluding carboxylic acids is 2. The van der Waals surface area contributed by atoms with Crippen LogP contribution in [0.4, 0.5) is 17.6 Å². The quantitative estimate of drug-likeness (QED) is 0.329. The lowest BCUT2D eigenvalue weighted by Gasteiger charge is -2.37. The fraction of sp³-hybridized carbons (Fsp3) is 0.345. The number of likely N-dealkylation sites (tertiary alicyclic amines) is 2.